The highest BCUT2D eigenvalue weighted by Gasteiger charge is 2.34. The Hall–Kier alpha value is -2.25. The van der Waals surface area contributed by atoms with Gasteiger partial charge in [0.2, 0.25) is 5.96 Å². The van der Waals surface area contributed by atoms with Crippen molar-refractivity contribution >= 4 is 33.3 Å². The van der Waals surface area contributed by atoms with Gasteiger partial charge in [0.05, 0.1) is 18.0 Å². The van der Waals surface area contributed by atoms with Crippen LogP contribution < -0.4 is 4.90 Å². The van der Waals surface area contributed by atoms with Gasteiger partial charge in [-0.2, -0.15) is 0 Å². The largest absolute Gasteiger partial charge is 0.368 e. The van der Waals surface area contributed by atoms with E-state index in [0.717, 1.165) is 23.8 Å². The second-order valence-corrected chi connectivity index (χ2v) is 8.82. The van der Waals surface area contributed by atoms with Crippen molar-refractivity contribution in [3.63, 3.8) is 0 Å². The third kappa shape index (κ3) is 3.61. The van der Waals surface area contributed by atoms with E-state index in [-0.39, 0.29) is 0 Å². The first-order valence-electron chi connectivity index (χ1n) is 8.93. The highest BCUT2D eigenvalue weighted by atomic mass is 35.5. The van der Waals surface area contributed by atoms with E-state index in [1.807, 2.05) is 30.3 Å². The van der Waals surface area contributed by atoms with Crippen LogP contribution in [0.1, 0.15) is 0 Å². The van der Waals surface area contributed by atoms with Gasteiger partial charge in [-0.15, -0.1) is 0 Å². The minimum Gasteiger partial charge on any atom is -0.368 e. The summed E-state index contributed by atoms with van der Waals surface area (Å²) in [5, 5.41) is 0.718. The molecule has 0 saturated carbocycles. The summed E-state index contributed by atoms with van der Waals surface area (Å²) in [7, 11) is -3.58. The molecule has 0 aliphatic carbocycles. The topological polar surface area (TPSA) is 56.2 Å². The van der Waals surface area contributed by atoms with Crippen LogP contribution in [0.4, 0.5) is 5.69 Å². The van der Waals surface area contributed by atoms with Crippen molar-refractivity contribution in [2.45, 2.75) is 4.90 Å². The lowest BCUT2D eigenvalue weighted by molar-refractivity contribution is 0.358. The Morgan fingerprint density at radius 1 is 0.852 bits per heavy atom. The van der Waals surface area contributed by atoms with Crippen LogP contribution in [-0.4, -0.2) is 62.9 Å². The predicted molar refractivity (Wildman–Crippen MR) is 108 cm³/mol. The van der Waals surface area contributed by atoms with Gasteiger partial charge in [0.25, 0.3) is 10.0 Å². The molecule has 0 aromatic heterocycles. The Morgan fingerprint density at radius 3 is 2.26 bits per heavy atom. The zero-order valence-corrected chi connectivity index (χ0v) is 16.4. The number of anilines is 1. The van der Waals surface area contributed by atoms with E-state index in [2.05, 4.69) is 14.8 Å². The van der Waals surface area contributed by atoms with Crippen LogP contribution in [0.2, 0.25) is 5.02 Å². The molecule has 2 aromatic carbocycles. The summed E-state index contributed by atoms with van der Waals surface area (Å²) in [4.78, 5) is 9.12. The third-order valence-corrected chi connectivity index (χ3v) is 6.88. The van der Waals surface area contributed by atoms with E-state index in [9.17, 15) is 8.42 Å². The Balaban J connectivity index is 1.48. The molecule has 2 aromatic rings. The van der Waals surface area contributed by atoms with Crippen LogP contribution in [-0.2, 0) is 10.0 Å². The number of guanidine groups is 1. The highest BCUT2D eigenvalue weighted by Crippen LogP contribution is 2.23. The molecule has 0 bridgehead atoms. The lowest BCUT2D eigenvalue weighted by Gasteiger charge is -2.38. The van der Waals surface area contributed by atoms with Crippen LogP contribution in [0.5, 0.6) is 0 Å². The average molecular weight is 405 g/mol. The first-order chi connectivity index (χ1) is 13.1. The molecule has 2 heterocycles. The van der Waals surface area contributed by atoms with Crippen molar-refractivity contribution in [1.29, 1.82) is 0 Å². The van der Waals surface area contributed by atoms with Crippen LogP contribution in [0.15, 0.2) is 64.5 Å². The first-order valence-corrected chi connectivity index (χ1v) is 10.8. The van der Waals surface area contributed by atoms with Crippen LogP contribution >= 0.6 is 11.6 Å². The van der Waals surface area contributed by atoms with Crippen LogP contribution in [0, 0.1) is 0 Å². The SMILES string of the molecule is O=S(=O)(c1ccccc1)N1CCN=C1N1CCN(c2cccc(Cl)c2)CC1. The van der Waals surface area contributed by atoms with Crippen molar-refractivity contribution in [2.75, 3.05) is 44.2 Å². The normalized spacial score (nSPS) is 18.0. The van der Waals surface area contributed by atoms with Gasteiger partial charge in [-0.05, 0) is 30.3 Å². The van der Waals surface area contributed by atoms with E-state index in [1.54, 1.807) is 24.3 Å². The molecule has 6 nitrogen and oxygen atoms in total. The van der Waals surface area contributed by atoms with Gasteiger partial charge >= 0.3 is 0 Å². The molecule has 0 spiro atoms. The van der Waals surface area contributed by atoms with Crippen molar-refractivity contribution in [2.24, 2.45) is 4.99 Å². The number of hydrogen-bond donors (Lipinski definition) is 0. The number of benzene rings is 2. The van der Waals surface area contributed by atoms with Gasteiger partial charge in [-0.3, -0.25) is 4.99 Å². The molecule has 0 radical (unpaired) electrons. The van der Waals surface area contributed by atoms with E-state index in [0.29, 0.717) is 37.0 Å². The summed E-state index contributed by atoms with van der Waals surface area (Å²) >= 11 is 6.09. The lowest BCUT2D eigenvalue weighted by atomic mass is 10.2. The molecule has 0 atom stereocenters. The summed E-state index contributed by atoms with van der Waals surface area (Å²) in [6, 6.07) is 16.3. The standard InChI is InChI=1S/C19H21ClN4O2S/c20-16-5-4-6-17(15-16)22-11-13-23(14-12-22)19-21-9-10-24(19)27(25,26)18-7-2-1-3-8-18/h1-8,15H,9-14H2. The summed E-state index contributed by atoms with van der Waals surface area (Å²) in [5.41, 5.74) is 1.09. The summed E-state index contributed by atoms with van der Waals surface area (Å²) in [6.45, 7) is 3.90. The molecule has 1 fully saturated rings. The van der Waals surface area contributed by atoms with Gasteiger partial charge in [0, 0.05) is 36.9 Å². The van der Waals surface area contributed by atoms with E-state index < -0.39 is 10.0 Å². The zero-order chi connectivity index (χ0) is 18.9. The Kier molecular flexibility index (Phi) is 4.97. The molecule has 8 heteroatoms. The third-order valence-electron chi connectivity index (χ3n) is 4.85. The maximum Gasteiger partial charge on any atom is 0.266 e. The van der Waals surface area contributed by atoms with Crippen LogP contribution in [0.3, 0.4) is 0 Å². The monoisotopic (exact) mass is 404 g/mol. The number of nitrogens with zero attached hydrogens (tertiary/aromatic N) is 4. The minimum atomic E-state index is -3.58. The zero-order valence-electron chi connectivity index (χ0n) is 14.8. The lowest BCUT2D eigenvalue weighted by Crippen LogP contribution is -2.53. The first kappa shape index (κ1) is 18.1. The smallest absolute Gasteiger partial charge is 0.266 e. The molecule has 0 N–H and O–H groups in total. The van der Waals surface area contributed by atoms with Crippen molar-refractivity contribution in [3.8, 4) is 0 Å². The van der Waals surface area contributed by atoms with Gasteiger partial charge in [0.15, 0.2) is 0 Å². The van der Waals surface area contributed by atoms with Gasteiger partial charge in [0.1, 0.15) is 0 Å². The average Bonchev–Trinajstić information content (AvgIpc) is 3.20. The number of halogens is 1. The van der Waals surface area contributed by atoms with Gasteiger partial charge < -0.3 is 9.80 Å². The van der Waals surface area contributed by atoms with Crippen molar-refractivity contribution in [3.05, 3.63) is 59.6 Å². The summed E-state index contributed by atoms with van der Waals surface area (Å²) in [6.07, 6.45) is 0. The Morgan fingerprint density at radius 2 is 1.56 bits per heavy atom. The Bertz CT molecular complexity index is 941. The minimum absolute atomic E-state index is 0.303. The Labute approximate surface area is 164 Å². The molecule has 2 aliphatic rings. The molecule has 1 saturated heterocycles. The van der Waals surface area contributed by atoms with E-state index in [1.165, 1.54) is 4.31 Å². The fourth-order valence-electron chi connectivity index (χ4n) is 3.46. The number of hydrogen-bond acceptors (Lipinski definition) is 5. The summed E-state index contributed by atoms with van der Waals surface area (Å²) in [5.74, 6) is 0.560. The molecule has 2 aliphatic heterocycles. The molecule has 4 rings (SSSR count). The quantitative estimate of drug-likeness (QED) is 0.788. The highest BCUT2D eigenvalue weighted by molar-refractivity contribution is 7.89. The van der Waals surface area contributed by atoms with E-state index in [4.69, 9.17) is 11.6 Å². The second kappa shape index (κ2) is 7.40. The maximum atomic E-state index is 13.0. The molecular weight excluding hydrogens is 384 g/mol. The maximum absolute atomic E-state index is 13.0. The fraction of sp³-hybridized carbons (Fsp3) is 0.316. The molecule has 0 amide bonds. The molecular formula is C19H21ClN4O2S. The number of sulfonamides is 1. The summed E-state index contributed by atoms with van der Waals surface area (Å²) < 4.78 is 27.5. The predicted octanol–water partition coefficient (Wildman–Crippen LogP) is 2.52. The van der Waals surface area contributed by atoms with Gasteiger partial charge in [-0.25, -0.2) is 12.7 Å². The second-order valence-electron chi connectivity index (χ2n) is 6.53. The number of aliphatic imine (C=N–C) groups is 1. The fourth-order valence-corrected chi connectivity index (χ4v) is 5.11. The van der Waals surface area contributed by atoms with Gasteiger partial charge in [-0.1, -0.05) is 35.9 Å². The van der Waals surface area contributed by atoms with Crippen molar-refractivity contribution < 1.29 is 8.42 Å². The number of piperazine rings is 1. The molecule has 0 unspecified atom stereocenters. The number of rotatable bonds is 3. The molecule has 27 heavy (non-hydrogen) atoms. The molecule has 142 valence electrons. The van der Waals surface area contributed by atoms with E-state index >= 15 is 0 Å². The van der Waals surface area contributed by atoms with Crippen LogP contribution in [0.25, 0.3) is 0 Å². The van der Waals surface area contributed by atoms with Crippen molar-refractivity contribution in [1.82, 2.24) is 9.21 Å².